The Kier molecular flexibility index (Phi) is 13.6. The third-order valence-corrected chi connectivity index (χ3v) is 10.6. The number of H-pyrrole nitrogens is 4. The van der Waals surface area contributed by atoms with Crippen molar-refractivity contribution in [2.24, 2.45) is 0 Å². The topological polar surface area (TPSA) is 234 Å². The van der Waals surface area contributed by atoms with Crippen LogP contribution in [0, 0.1) is 0 Å². The average molecular weight is 881 g/mol. The Morgan fingerprint density at radius 2 is 1.03 bits per heavy atom. The quantitative estimate of drug-likeness (QED) is 0.103. The molecule has 0 saturated carbocycles. The van der Waals surface area contributed by atoms with Crippen LogP contribution in [-0.4, -0.2) is 121 Å². The summed E-state index contributed by atoms with van der Waals surface area (Å²) in [6.45, 7) is 11.9. The molecule has 0 spiro atoms. The van der Waals surface area contributed by atoms with Crippen LogP contribution in [0.4, 0.5) is 4.79 Å². The summed E-state index contributed by atoms with van der Waals surface area (Å²) in [6, 6.07) is 28.7. The number of hydrogen-bond donors (Lipinski definition) is 7. The highest BCUT2D eigenvalue weighted by Gasteiger charge is 2.23. The Hall–Kier alpha value is -7.63. The van der Waals surface area contributed by atoms with Gasteiger partial charge in [-0.25, -0.2) is 19.6 Å². The molecule has 0 aliphatic carbocycles. The predicted molar refractivity (Wildman–Crippen MR) is 252 cm³/mol. The summed E-state index contributed by atoms with van der Waals surface area (Å²) in [7, 11) is 0. The van der Waals surface area contributed by atoms with Crippen molar-refractivity contribution in [3.05, 3.63) is 129 Å². The van der Waals surface area contributed by atoms with Gasteiger partial charge in [-0.2, -0.15) is 0 Å². The number of aromatic nitrogens is 6. The first-order valence-electron chi connectivity index (χ1n) is 21.0. The number of pyridine rings is 2. The standard InChI is InChI=1S/C21H19N5O2.C17H11N3O3.C9H18N2O2.CH4/c27-20-15(11-13-3-1-2-4-16(13)25-20)19-23-17-6-5-14(12-18(17)24-19)21(28)26-9-7-22-8-10-26;21-16-11(7-9-3-1-2-4-12(9)20-16)15-18-13-6-5-10(17(22)23)8-14(13)19-15;1-9(2,3)13-8(12)11-6-4-10-5-7-11;/h1-6,11-12,22H,7-10H2,(H,23,24)(H,25,27);1-8H,(H,18,19)(H,20,21)(H,22,23);10H,4-7H2,1-3H3;1H4. The van der Waals surface area contributed by atoms with E-state index < -0.39 is 5.97 Å². The van der Waals surface area contributed by atoms with Gasteiger partial charge < -0.3 is 50.2 Å². The lowest BCUT2D eigenvalue weighted by Gasteiger charge is -2.30. The summed E-state index contributed by atoms with van der Waals surface area (Å²) in [5, 5.41) is 17.3. The zero-order chi connectivity index (χ0) is 45.0. The van der Waals surface area contributed by atoms with Crippen LogP contribution in [0.25, 0.3) is 66.6 Å². The Balaban J connectivity index is 0.000000154. The van der Waals surface area contributed by atoms with Crippen molar-refractivity contribution in [3.8, 4) is 22.8 Å². The molecule has 65 heavy (non-hydrogen) atoms. The van der Waals surface area contributed by atoms with E-state index in [0.717, 1.165) is 72.1 Å². The van der Waals surface area contributed by atoms with Crippen LogP contribution >= 0.6 is 0 Å². The Bertz CT molecular complexity index is 3130. The van der Waals surface area contributed by atoms with E-state index in [2.05, 4.69) is 40.5 Å². The van der Waals surface area contributed by atoms with E-state index in [1.54, 1.807) is 23.1 Å². The van der Waals surface area contributed by atoms with Gasteiger partial charge in [-0.3, -0.25) is 14.4 Å². The molecule has 8 aromatic rings. The zero-order valence-corrected chi connectivity index (χ0v) is 35.6. The SMILES string of the molecule is C.CC(C)(C)OC(=O)N1CCNCC1.O=C(O)c1ccc2nc(-c3cc4ccccc4[nH]c3=O)[nH]c2c1.O=C(c1ccc2nc(-c3cc4ccccc4[nH]c3=O)[nH]c2c1)N1CCNCC1. The largest absolute Gasteiger partial charge is 0.478 e. The molecule has 4 aromatic carbocycles. The maximum Gasteiger partial charge on any atom is 0.410 e. The molecule has 2 amide bonds. The van der Waals surface area contributed by atoms with Crippen molar-refractivity contribution in [2.75, 3.05) is 52.4 Å². The maximum atomic E-state index is 12.7. The number of amides is 2. The van der Waals surface area contributed by atoms with E-state index >= 15 is 0 Å². The summed E-state index contributed by atoms with van der Waals surface area (Å²) in [5.74, 6) is -0.0852. The van der Waals surface area contributed by atoms with Gasteiger partial charge in [-0.1, -0.05) is 43.8 Å². The number of carboxylic acids is 1. The number of nitrogens with zero attached hydrogens (tertiary/aromatic N) is 4. The van der Waals surface area contributed by atoms with Gasteiger partial charge in [0.05, 0.1) is 38.8 Å². The van der Waals surface area contributed by atoms with Crippen molar-refractivity contribution in [2.45, 2.75) is 33.8 Å². The maximum absolute atomic E-state index is 12.7. The number of benzene rings is 4. The lowest BCUT2D eigenvalue weighted by atomic mass is 10.1. The fraction of sp³-hybridized carbons (Fsp3) is 0.271. The minimum Gasteiger partial charge on any atom is -0.478 e. The first kappa shape index (κ1) is 45.4. The molecule has 2 aliphatic rings. The minimum atomic E-state index is -1.01. The second kappa shape index (κ2) is 19.4. The van der Waals surface area contributed by atoms with Gasteiger partial charge >= 0.3 is 12.1 Å². The van der Waals surface area contributed by atoms with Gasteiger partial charge in [0.1, 0.15) is 17.2 Å². The summed E-state index contributed by atoms with van der Waals surface area (Å²) < 4.78 is 5.24. The molecule has 10 rings (SSSR count). The third kappa shape index (κ3) is 10.6. The van der Waals surface area contributed by atoms with Gasteiger partial charge in [0, 0.05) is 69.0 Å². The number of rotatable bonds is 4. The highest BCUT2D eigenvalue weighted by molar-refractivity contribution is 5.98. The number of carboxylic acid groups (broad SMARTS) is 1. The molecule has 0 atom stereocenters. The second-order valence-corrected chi connectivity index (χ2v) is 16.4. The monoisotopic (exact) mass is 880 g/mol. The number of aromatic carboxylic acids is 1. The molecule has 17 heteroatoms. The number of para-hydroxylation sites is 2. The van der Waals surface area contributed by atoms with Crippen LogP contribution in [-0.2, 0) is 4.74 Å². The molecule has 17 nitrogen and oxygen atoms in total. The van der Waals surface area contributed by atoms with E-state index in [4.69, 9.17) is 9.84 Å². The van der Waals surface area contributed by atoms with E-state index in [1.807, 2.05) is 92.4 Å². The van der Waals surface area contributed by atoms with Crippen LogP contribution in [0.2, 0.25) is 0 Å². The van der Waals surface area contributed by atoms with Crippen molar-refractivity contribution in [1.82, 2.24) is 50.3 Å². The minimum absolute atomic E-state index is 0. The Morgan fingerprint density at radius 1 is 0.585 bits per heavy atom. The fourth-order valence-electron chi connectivity index (χ4n) is 7.41. The first-order valence-corrected chi connectivity index (χ1v) is 21.0. The lowest BCUT2D eigenvalue weighted by Crippen LogP contribution is -2.48. The predicted octanol–water partition coefficient (Wildman–Crippen LogP) is 6.35. The highest BCUT2D eigenvalue weighted by Crippen LogP contribution is 2.24. The molecule has 0 radical (unpaired) electrons. The van der Waals surface area contributed by atoms with Crippen molar-refractivity contribution in [3.63, 3.8) is 0 Å². The number of aromatic amines is 4. The van der Waals surface area contributed by atoms with E-state index in [0.29, 0.717) is 52.5 Å². The smallest absolute Gasteiger partial charge is 0.410 e. The Labute approximate surface area is 373 Å². The molecule has 336 valence electrons. The van der Waals surface area contributed by atoms with E-state index in [1.165, 1.54) is 12.1 Å². The van der Waals surface area contributed by atoms with Crippen LogP contribution in [0.15, 0.2) is 107 Å². The van der Waals surface area contributed by atoms with Gasteiger partial charge in [-0.05, 0) is 92.2 Å². The molecule has 2 aliphatic heterocycles. The molecular formula is C48H52N10O7. The highest BCUT2D eigenvalue weighted by atomic mass is 16.6. The van der Waals surface area contributed by atoms with Gasteiger partial charge in [0.15, 0.2) is 0 Å². The summed E-state index contributed by atoms with van der Waals surface area (Å²) in [4.78, 5) is 84.5. The number of ether oxygens (including phenoxy) is 1. The fourth-order valence-corrected chi connectivity index (χ4v) is 7.41. The van der Waals surface area contributed by atoms with Gasteiger partial charge in [-0.15, -0.1) is 0 Å². The molecule has 6 heterocycles. The number of nitrogens with one attached hydrogen (secondary N) is 6. The summed E-state index contributed by atoms with van der Waals surface area (Å²) in [6.07, 6.45) is -0.200. The number of carbonyl (C=O) groups excluding carboxylic acids is 2. The molecule has 7 N–H and O–H groups in total. The number of hydrogen-bond acceptors (Lipinski definition) is 10. The number of piperazine rings is 2. The van der Waals surface area contributed by atoms with Crippen LogP contribution < -0.4 is 21.8 Å². The number of imidazole rings is 2. The van der Waals surface area contributed by atoms with Crippen molar-refractivity contribution < 1.29 is 24.2 Å². The van der Waals surface area contributed by atoms with E-state index in [-0.39, 0.29) is 41.7 Å². The van der Waals surface area contributed by atoms with Crippen LogP contribution in [0.1, 0.15) is 48.9 Å². The zero-order valence-electron chi connectivity index (χ0n) is 35.6. The molecule has 0 bridgehead atoms. The normalized spacial score (nSPS) is 14.0. The summed E-state index contributed by atoms with van der Waals surface area (Å²) in [5.41, 5.74) is 5.03. The lowest BCUT2D eigenvalue weighted by molar-refractivity contribution is 0.0228. The molecule has 2 fully saturated rings. The molecule has 2 saturated heterocycles. The van der Waals surface area contributed by atoms with Crippen molar-refractivity contribution in [1.29, 1.82) is 0 Å². The van der Waals surface area contributed by atoms with Crippen LogP contribution in [0.5, 0.6) is 0 Å². The number of fused-ring (bicyclic) bond motifs is 4. The number of carbonyl (C=O) groups is 3. The average Bonchev–Trinajstić information content (AvgIpc) is 3.93. The first-order chi connectivity index (χ1) is 30.8. The summed E-state index contributed by atoms with van der Waals surface area (Å²) >= 11 is 0. The second-order valence-electron chi connectivity index (χ2n) is 16.4. The third-order valence-electron chi connectivity index (χ3n) is 10.6. The van der Waals surface area contributed by atoms with Gasteiger partial charge in [0.25, 0.3) is 17.0 Å². The van der Waals surface area contributed by atoms with Crippen LogP contribution in [0.3, 0.4) is 0 Å². The van der Waals surface area contributed by atoms with Gasteiger partial charge in [0.2, 0.25) is 0 Å². The van der Waals surface area contributed by atoms with Crippen molar-refractivity contribution >= 4 is 61.8 Å². The van der Waals surface area contributed by atoms with E-state index in [9.17, 15) is 24.0 Å². The molecule has 0 unspecified atom stereocenters. The molecule has 4 aromatic heterocycles. The Morgan fingerprint density at radius 3 is 1.51 bits per heavy atom. The molecular weight excluding hydrogens is 829 g/mol.